The van der Waals surface area contributed by atoms with Gasteiger partial charge in [0.05, 0.1) is 17.5 Å². The first kappa shape index (κ1) is 9.03. The average Bonchev–Trinajstić information content (AvgIpc) is 2.84. The van der Waals surface area contributed by atoms with Crippen molar-refractivity contribution in [3.05, 3.63) is 36.1 Å². The lowest BCUT2D eigenvalue weighted by Gasteiger charge is -1.91. The molecule has 0 bridgehead atoms. The molecule has 0 aliphatic rings. The van der Waals surface area contributed by atoms with Crippen LogP contribution >= 0.6 is 0 Å². The van der Waals surface area contributed by atoms with Gasteiger partial charge in [0.15, 0.2) is 11.6 Å². The first-order valence-electron chi connectivity index (χ1n) is 5.04. The van der Waals surface area contributed by atoms with Crippen molar-refractivity contribution in [3.63, 3.8) is 0 Å². The van der Waals surface area contributed by atoms with Crippen LogP contribution in [0.15, 0.2) is 34.9 Å². The Labute approximate surface area is 92.1 Å². The number of hydrogen-bond donors (Lipinski definition) is 2. The maximum atomic E-state index is 5.85. The number of aromatic amines is 1. The Morgan fingerprint density at radius 3 is 2.88 bits per heavy atom. The highest BCUT2D eigenvalue weighted by atomic mass is 16.3. The molecule has 0 unspecified atom stereocenters. The van der Waals surface area contributed by atoms with Crippen molar-refractivity contribution in [2.24, 2.45) is 0 Å². The molecule has 2 aromatic heterocycles. The summed E-state index contributed by atoms with van der Waals surface area (Å²) >= 11 is 0. The van der Waals surface area contributed by atoms with E-state index >= 15 is 0 Å². The van der Waals surface area contributed by atoms with Gasteiger partial charge in [-0.1, -0.05) is 6.07 Å². The molecular formula is C12H11N3O. The molecule has 0 atom stereocenters. The Bertz CT molecular complexity index is 651. The number of nitrogens with zero attached hydrogens (tertiary/aromatic N) is 1. The summed E-state index contributed by atoms with van der Waals surface area (Å²) in [6.07, 6.45) is 1.65. The van der Waals surface area contributed by atoms with Crippen molar-refractivity contribution in [1.82, 2.24) is 9.97 Å². The summed E-state index contributed by atoms with van der Waals surface area (Å²) in [5, 5.41) is 0. The van der Waals surface area contributed by atoms with Gasteiger partial charge < -0.3 is 15.1 Å². The number of nitrogens with one attached hydrogen (secondary N) is 1. The lowest BCUT2D eigenvalue weighted by Crippen LogP contribution is -1.85. The van der Waals surface area contributed by atoms with Gasteiger partial charge in [-0.3, -0.25) is 0 Å². The van der Waals surface area contributed by atoms with Crippen molar-refractivity contribution in [1.29, 1.82) is 0 Å². The zero-order chi connectivity index (χ0) is 11.1. The average molecular weight is 213 g/mol. The minimum Gasteiger partial charge on any atom is -0.461 e. The molecule has 4 nitrogen and oxygen atoms in total. The van der Waals surface area contributed by atoms with Crippen molar-refractivity contribution < 1.29 is 4.42 Å². The number of benzene rings is 1. The number of anilines is 1. The normalized spacial score (nSPS) is 11.1. The maximum Gasteiger partial charge on any atom is 0.174 e. The number of H-pyrrole nitrogens is 1. The molecule has 3 aromatic rings. The highest BCUT2D eigenvalue weighted by molar-refractivity contribution is 5.89. The Morgan fingerprint density at radius 1 is 1.31 bits per heavy atom. The molecule has 0 amide bonds. The summed E-state index contributed by atoms with van der Waals surface area (Å²) in [5.41, 5.74) is 9.28. The third-order valence-corrected chi connectivity index (χ3v) is 2.62. The molecule has 3 rings (SSSR count). The molecule has 0 aliphatic carbocycles. The Morgan fingerprint density at radius 2 is 2.19 bits per heavy atom. The van der Waals surface area contributed by atoms with Crippen LogP contribution in [-0.4, -0.2) is 9.97 Å². The first-order valence-corrected chi connectivity index (χ1v) is 5.04. The topological polar surface area (TPSA) is 67.8 Å². The van der Waals surface area contributed by atoms with E-state index in [1.54, 1.807) is 6.26 Å². The molecule has 0 fully saturated rings. The van der Waals surface area contributed by atoms with Crippen molar-refractivity contribution >= 4 is 16.7 Å². The number of rotatable bonds is 1. The number of aryl methyl sites for hydroxylation is 1. The number of aromatic nitrogens is 2. The number of nitrogens with two attached hydrogens (primary N) is 1. The summed E-state index contributed by atoms with van der Waals surface area (Å²) < 4.78 is 5.39. The summed E-state index contributed by atoms with van der Waals surface area (Å²) in [7, 11) is 0. The van der Waals surface area contributed by atoms with E-state index in [0.29, 0.717) is 5.69 Å². The first-order chi connectivity index (χ1) is 7.75. The molecule has 4 heteroatoms. The zero-order valence-corrected chi connectivity index (χ0v) is 8.82. The Hall–Kier alpha value is -2.23. The number of fused-ring (bicyclic) bond motifs is 1. The minimum absolute atomic E-state index is 0.671. The second kappa shape index (κ2) is 3.13. The number of hydrogen-bond acceptors (Lipinski definition) is 3. The zero-order valence-electron chi connectivity index (χ0n) is 8.82. The number of nitrogen functional groups attached to an aromatic ring is 1. The molecule has 0 aliphatic heterocycles. The molecule has 2 heterocycles. The Kier molecular flexibility index (Phi) is 1.77. The smallest absolute Gasteiger partial charge is 0.174 e. The van der Waals surface area contributed by atoms with Crippen LogP contribution in [0, 0.1) is 6.92 Å². The monoisotopic (exact) mass is 213 g/mol. The van der Waals surface area contributed by atoms with Gasteiger partial charge in [0.2, 0.25) is 0 Å². The lowest BCUT2D eigenvalue weighted by atomic mass is 10.3. The van der Waals surface area contributed by atoms with E-state index < -0.39 is 0 Å². The molecule has 3 N–H and O–H groups in total. The van der Waals surface area contributed by atoms with E-state index in [0.717, 1.165) is 28.2 Å². The van der Waals surface area contributed by atoms with E-state index in [9.17, 15) is 0 Å². The predicted molar refractivity (Wildman–Crippen MR) is 62.9 cm³/mol. The summed E-state index contributed by atoms with van der Waals surface area (Å²) in [5.74, 6) is 1.48. The van der Waals surface area contributed by atoms with E-state index in [1.165, 1.54) is 0 Å². The quantitative estimate of drug-likeness (QED) is 0.611. The van der Waals surface area contributed by atoms with Crippen LogP contribution in [0.25, 0.3) is 22.6 Å². The molecule has 16 heavy (non-hydrogen) atoms. The number of imidazole rings is 1. The van der Waals surface area contributed by atoms with Gasteiger partial charge in [0.25, 0.3) is 0 Å². The molecule has 0 radical (unpaired) electrons. The number of furan rings is 1. The number of para-hydroxylation sites is 1. The largest absolute Gasteiger partial charge is 0.461 e. The standard InChI is InChI=1S/C12H11N3O/c1-7-5-6-16-11(7)12-14-9-4-2-3-8(13)10(9)15-12/h2-6H,13H2,1H3,(H,14,15). The SMILES string of the molecule is Cc1ccoc1-c1nc2c(N)cccc2[nH]1. The van der Waals surface area contributed by atoms with E-state index in [2.05, 4.69) is 9.97 Å². The van der Waals surface area contributed by atoms with Gasteiger partial charge in [-0.15, -0.1) is 0 Å². The fourth-order valence-electron chi connectivity index (χ4n) is 1.78. The van der Waals surface area contributed by atoms with E-state index in [1.807, 2.05) is 31.2 Å². The molecule has 0 saturated carbocycles. The van der Waals surface area contributed by atoms with Crippen molar-refractivity contribution in [3.8, 4) is 11.6 Å². The summed E-state index contributed by atoms with van der Waals surface area (Å²) in [6, 6.07) is 7.59. The molecule has 80 valence electrons. The van der Waals surface area contributed by atoms with Crippen LogP contribution in [0.5, 0.6) is 0 Å². The second-order valence-corrected chi connectivity index (χ2v) is 3.76. The highest BCUT2D eigenvalue weighted by Gasteiger charge is 2.11. The highest BCUT2D eigenvalue weighted by Crippen LogP contribution is 2.26. The second-order valence-electron chi connectivity index (χ2n) is 3.76. The van der Waals surface area contributed by atoms with Crippen molar-refractivity contribution in [2.45, 2.75) is 6.92 Å². The predicted octanol–water partition coefficient (Wildman–Crippen LogP) is 2.71. The minimum atomic E-state index is 0.671. The molecular weight excluding hydrogens is 202 g/mol. The third kappa shape index (κ3) is 1.20. The van der Waals surface area contributed by atoms with Crippen LogP contribution in [0.1, 0.15) is 5.56 Å². The van der Waals surface area contributed by atoms with E-state index in [-0.39, 0.29) is 0 Å². The van der Waals surface area contributed by atoms with Crippen LogP contribution in [0.4, 0.5) is 5.69 Å². The molecule has 0 saturated heterocycles. The summed E-state index contributed by atoms with van der Waals surface area (Å²) in [6.45, 7) is 1.98. The summed E-state index contributed by atoms with van der Waals surface area (Å²) in [4.78, 5) is 7.64. The van der Waals surface area contributed by atoms with Crippen LogP contribution in [-0.2, 0) is 0 Å². The lowest BCUT2D eigenvalue weighted by molar-refractivity contribution is 0.577. The van der Waals surface area contributed by atoms with Crippen LogP contribution in [0.3, 0.4) is 0 Å². The van der Waals surface area contributed by atoms with Gasteiger partial charge in [0.1, 0.15) is 5.52 Å². The van der Waals surface area contributed by atoms with Crippen molar-refractivity contribution in [2.75, 3.05) is 5.73 Å². The van der Waals surface area contributed by atoms with Gasteiger partial charge in [-0.05, 0) is 30.7 Å². The fraction of sp³-hybridized carbons (Fsp3) is 0.0833. The Balaban J connectivity index is 2.27. The van der Waals surface area contributed by atoms with E-state index in [4.69, 9.17) is 10.2 Å². The third-order valence-electron chi connectivity index (χ3n) is 2.62. The van der Waals surface area contributed by atoms with Crippen LogP contribution in [0.2, 0.25) is 0 Å². The van der Waals surface area contributed by atoms with Gasteiger partial charge in [-0.25, -0.2) is 4.98 Å². The van der Waals surface area contributed by atoms with Gasteiger partial charge in [0, 0.05) is 0 Å². The van der Waals surface area contributed by atoms with Crippen LogP contribution < -0.4 is 5.73 Å². The maximum absolute atomic E-state index is 5.85. The van der Waals surface area contributed by atoms with Gasteiger partial charge >= 0.3 is 0 Å². The molecule has 0 spiro atoms. The molecule has 1 aromatic carbocycles. The van der Waals surface area contributed by atoms with Gasteiger partial charge in [-0.2, -0.15) is 0 Å². The fourth-order valence-corrected chi connectivity index (χ4v) is 1.78.